The van der Waals surface area contributed by atoms with Gasteiger partial charge in [0.1, 0.15) is 6.33 Å². The predicted molar refractivity (Wildman–Crippen MR) is 58.4 cm³/mol. The summed E-state index contributed by atoms with van der Waals surface area (Å²) in [5, 5.41) is 11.2. The average molecular weight is 236 g/mol. The largest absolute Gasteiger partial charge is 0.481 e. The van der Waals surface area contributed by atoms with Crippen LogP contribution in [0.25, 0.3) is 0 Å². The topological polar surface area (TPSA) is 95.4 Å². The van der Waals surface area contributed by atoms with Gasteiger partial charge in [0, 0.05) is 19.0 Å². The maximum absolute atomic E-state index is 11.6. The van der Waals surface area contributed by atoms with Crippen LogP contribution in [0, 0.1) is 5.92 Å². The zero-order valence-corrected chi connectivity index (χ0v) is 9.04. The summed E-state index contributed by atoms with van der Waals surface area (Å²) in [7, 11) is 0. The molecular weight excluding hydrogens is 224 g/mol. The van der Waals surface area contributed by atoms with E-state index in [4.69, 9.17) is 5.11 Å². The van der Waals surface area contributed by atoms with Crippen LogP contribution in [-0.4, -0.2) is 45.1 Å². The van der Waals surface area contributed by atoms with Crippen molar-refractivity contribution in [1.82, 2.24) is 14.9 Å². The van der Waals surface area contributed by atoms with Crippen molar-refractivity contribution in [3.8, 4) is 0 Å². The zero-order valence-electron chi connectivity index (χ0n) is 9.04. The van der Waals surface area contributed by atoms with Gasteiger partial charge in [-0.3, -0.25) is 4.79 Å². The molecule has 0 spiro atoms. The minimum Gasteiger partial charge on any atom is -0.481 e. The number of rotatable bonds is 3. The van der Waals surface area contributed by atoms with Gasteiger partial charge in [0.15, 0.2) is 0 Å². The van der Waals surface area contributed by atoms with Gasteiger partial charge in [-0.05, 0) is 0 Å². The number of amides is 2. The molecule has 2 N–H and O–H groups in total. The normalized spacial score (nSPS) is 15.2. The number of likely N-dealkylation sites (tertiary alicyclic amines) is 1. The molecule has 90 valence electrons. The molecule has 0 saturated carbocycles. The minimum absolute atomic E-state index is 0.0604. The second-order valence-electron chi connectivity index (χ2n) is 3.93. The van der Waals surface area contributed by atoms with Crippen molar-refractivity contribution >= 4 is 17.7 Å². The summed E-state index contributed by atoms with van der Waals surface area (Å²) < 4.78 is 0. The molecule has 1 aliphatic rings. The first kappa shape index (κ1) is 11.3. The van der Waals surface area contributed by atoms with E-state index in [2.05, 4.69) is 15.3 Å². The van der Waals surface area contributed by atoms with Gasteiger partial charge in [-0.25, -0.2) is 14.8 Å². The molecule has 0 atom stereocenters. The lowest BCUT2D eigenvalue weighted by Gasteiger charge is -2.38. The Balaban J connectivity index is 1.78. The van der Waals surface area contributed by atoms with Crippen molar-refractivity contribution in [1.29, 1.82) is 0 Å². The lowest BCUT2D eigenvalue weighted by molar-refractivity contribution is -0.139. The molecule has 7 nitrogen and oxygen atoms in total. The number of hydrogen-bond donors (Lipinski definition) is 2. The number of carboxylic acids is 1. The molecule has 2 heterocycles. The standard InChI is InChI=1S/C10H12N4O3/c15-9(16)1-7-4-14(5-7)10(17)13-8-2-11-6-12-3-8/h2-3,6-7H,1,4-5H2,(H,13,17)(H,15,16). The molecule has 17 heavy (non-hydrogen) atoms. The quantitative estimate of drug-likeness (QED) is 0.792. The van der Waals surface area contributed by atoms with E-state index < -0.39 is 5.97 Å². The van der Waals surface area contributed by atoms with Gasteiger partial charge < -0.3 is 15.3 Å². The number of nitrogens with one attached hydrogen (secondary N) is 1. The maximum atomic E-state index is 11.6. The molecule has 7 heteroatoms. The molecule has 2 amide bonds. The Hall–Kier alpha value is -2.18. The molecule has 1 aliphatic heterocycles. The molecule has 0 unspecified atom stereocenters. The molecule has 0 bridgehead atoms. The van der Waals surface area contributed by atoms with E-state index in [1.165, 1.54) is 18.7 Å². The molecular formula is C10H12N4O3. The zero-order chi connectivity index (χ0) is 12.3. The van der Waals surface area contributed by atoms with Crippen molar-refractivity contribution in [3.05, 3.63) is 18.7 Å². The van der Waals surface area contributed by atoms with Crippen LogP contribution in [0.1, 0.15) is 6.42 Å². The Kier molecular flexibility index (Phi) is 3.17. The summed E-state index contributed by atoms with van der Waals surface area (Å²) in [4.78, 5) is 31.2. The summed E-state index contributed by atoms with van der Waals surface area (Å²) in [5.74, 6) is -0.767. The first-order chi connectivity index (χ1) is 8.15. The van der Waals surface area contributed by atoms with E-state index in [1.54, 1.807) is 4.90 Å². The molecule has 0 radical (unpaired) electrons. The van der Waals surface area contributed by atoms with Gasteiger partial charge in [0.25, 0.3) is 0 Å². The highest BCUT2D eigenvalue weighted by Crippen LogP contribution is 2.19. The number of aliphatic carboxylic acids is 1. The molecule has 2 rings (SSSR count). The lowest BCUT2D eigenvalue weighted by Crippen LogP contribution is -2.52. The van der Waals surface area contributed by atoms with Crippen LogP contribution in [0.2, 0.25) is 0 Å². The van der Waals surface area contributed by atoms with E-state index in [9.17, 15) is 9.59 Å². The van der Waals surface area contributed by atoms with Crippen molar-refractivity contribution in [2.24, 2.45) is 5.92 Å². The smallest absolute Gasteiger partial charge is 0.321 e. The van der Waals surface area contributed by atoms with Gasteiger partial charge in [0.2, 0.25) is 0 Å². The monoisotopic (exact) mass is 236 g/mol. The first-order valence-electron chi connectivity index (χ1n) is 5.18. The maximum Gasteiger partial charge on any atom is 0.321 e. The van der Waals surface area contributed by atoms with Crippen LogP contribution in [0.3, 0.4) is 0 Å². The van der Waals surface area contributed by atoms with Crippen molar-refractivity contribution < 1.29 is 14.7 Å². The lowest BCUT2D eigenvalue weighted by atomic mass is 9.97. The number of urea groups is 1. The number of hydrogen-bond acceptors (Lipinski definition) is 4. The highest BCUT2D eigenvalue weighted by Gasteiger charge is 2.31. The molecule has 1 fully saturated rings. The third-order valence-corrected chi connectivity index (χ3v) is 2.52. The number of anilines is 1. The number of carboxylic acid groups (broad SMARTS) is 1. The second kappa shape index (κ2) is 4.77. The van der Waals surface area contributed by atoms with Gasteiger partial charge >= 0.3 is 12.0 Å². The highest BCUT2D eigenvalue weighted by molar-refractivity contribution is 5.89. The number of carbonyl (C=O) groups excluding carboxylic acids is 1. The van der Waals surface area contributed by atoms with Crippen LogP contribution in [0.5, 0.6) is 0 Å². The fraction of sp³-hybridized carbons (Fsp3) is 0.400. The van der Waals surface area contributed by atoms with E-state index in [0.29, 0.717) is 18.8 Å². The Bertz CT molecular complexity index is 417. The van der Waals surface area contributed by atoms with Crippen molar-refractivity contribution in [2.45, 2.75) is 6.42 Å². The molecule has 1 aromatic heterocycles. The van der Waals surface area contributed by atoms with E-state index in [1.807, 2.05) is 0 Å². The number of carbonyl (C=O) groups is 2. The van der Waals surface area contributed by atoms with Crippen LogP contribution >= 0.6 is 0 Å². The third kappa shape index (κ3) is 2.90. The Morgan fingerprint density at radius 2 is 2.06 bits per heavy atom. The average Bonchev–Trinajstić information content (AvgIpc) is 2.23. The third-order valence-electron chi connectivity index (χ3n) is 2.52. The summed E-state index contributed by atoms with van der Waals surface area (Å²) in [5.41, 5.74) is 0.527. The van der Waals surface area contributed by atoms with Gasteiger partial charge in [-0.2, -0.15) is 0 Å². The van der Waals surface area contributed by atoms with Gasteiger partial charge in [-0.1, -0.05) is 0 Å². The molecule has 1 saturated heterocycles. The van der Waals surface area contributed by atoms with Crippen molar-refractivity contribution in [3.63, 3.8) is 0 Å². The molecule has 1 aromatic rings. The minimum atomic E-state index is -0.827. The SMILES string of the molecule is O=C(O)CC1CN(C(=O)Nc2cncnc2)C1. The van der Waals surface area contributed by atoms with Gasteiger partial charge in [0.05, 0.1) is 24.5 Å². The van der Waals surface area contributed by atoms with Crippen LogP contribution in [0.4, 0.5) is 10.5 Å². The highest BCUT2D eigenvalue weighted by atomic mass is 16.4. The number of aromatic nitrogens is 2. The summed E-state index contributed by atoms with van der Waals surface area (Å²) in [6.45, 7) is 0.956. The van der Waals surface area contributed by atoms with Crippen molar-refractivity contribution in [2.75, 3.05) is 18.4 Å². The van der Waals surface area contributed by atoms with E-state index >= 15 is 0 Å². The Morgan fingerprint density at radius 1 is 1.41 bits per heavy atom. The molecule has 0 aliphatic carbocycles. The summed E-state index contributed by atoms with van der Waals surface area (Å²) in [6, 6.07) is -0.249. The summed E-state index contributed by atoms with van der Waals surface area (Å²) in [6.07, 6.45) is 4.49. The Labute approximate surface area is 97.5 Å². The first-order valence-corrected chi connectivity index (χ1v) is 5.18. The fourth-order valence-electron chi connectivity index (χ4n) is 1.68. The fourth-order valence-corrected chi connectivity index (χ4v) is 1.68. The van der Waals surface area contributed by atoms with Gasteiger partial charge in [-0.15, -0.1) is 0 Å². The molecule has 0 aromatic carbocycles. The summed E-state index contributed by atoms with van der Waals surface area (Å²) >= 11 is 0. The number of nitrogens with zero attached hydrogens (tertiary/aromatic N) is 3. The Morgan fingerprint density at radius 3 is 2.65 bits per heavy atom. The predicted octanol–water partition coefficient (Wildman–Crippen LogP) is 0.415. The van der Waals surface area contributed by atoms with Crippen LogP contribution in [-0.2, 0) is 4.79 Å². The van der Waals surface area contributed by atoms with Crippen LogP contribution in [0.15, 0.2) is 18.7 Å². The van der Waals surface area contributed by atoms with Crippen LogP contribution < -0.4 is 5.32 Å². The van der Waals surface area contributed by atoms with E-state index in [-0.39, 0.29) is 18.4 Å². The second-order valence-corrected chi connectivity index (χ2v) is 3.93. The van der Waals surface area contributed by atoms with E-state index in [0.717, 1.165) is 0 Å².